The van der Waals surface area contributed by atoms with Gasteiger partial charge in [-0.15, -0.1) is 0 Å². The molecule has 1 atom stereocenters. The second kappa shape index (κ2) is 7.28. The van der Waals surface area contributed by atoms with Crippen molar-refractivity contribution in [1.29, 1.82) is 0 Å². The average Bonchev–Trinajstić information content (AvgIpc) is 2.42. The van der Waals surface area contributed by atoms with Gasteiger partial charge in [-0.1, -0.05) is 39.0 Å². The number of hydrogen-bond donors (Lipinski definition) is 2. The largest absolute Gasteiger partial charge is 0.353 e. The lowest BCUT2D eigenvalue weighted by Crippen LogP contribution is -2.42. The molecule has 1 unspecified atom stereocenters. The molecule has 3 heteroatoms. The van der Waals surface area contributed by atoms with E-state index in [9.17, 15) is 4.79 Å². The number of hydrogen-bond acceptors (Lipinski definition) is 2. The minimum absolute atomic E-state index is 0.179. The zero-order chi connectivity index (χ0) is 13.7. The highest BCUT2D eigenvalue weighted by Gasteiger charge is 2.24. The number of rotatable bonds is 4. The molecule has 110 valence electrons. The number of carbonyl (C=O) groups is 1. The molecule has 2 aliphatic rings. The summed E-state index contributed by atoms with van der Waals surface area (Å²) in [5.74, 6) is 1.24. The van der Waals surface area contributed by atoms with Crippen molar-refractivity contribution in [3.05, 3.63) is 0 Å². The first-order valence-electron chi connectivity index (χ1n) is 8.21. The third kappa shape index (κ3) is 4.79. The highest BCUT2D eigenvalue weighted by Crippen LogP contribution is 2.29. The van der Waals surface area contributed by atoms with E-state index >= 15 is 0 Å². The molecule has 3 N–H and O–H groups in total. The van der Waals surface area contributed by atoms with Gasteiger partial charge < -0.3 is 11.1 Å². The summed E-state index contributed by atoms with van der Waals surface area (Å²) >= 11 is 0. The lowest BCUT2D eigenvalue weighted by molar-refractivity contribution is -0.126. The third-order valence-electron chi connectivity index (χ3n) is 4.98. The van der Waals surface area contributed by atoms with Crippen molar-refractivity contribution in [2.45, 2.75) is 83.2 Å². The fourth-order valence-corrected chi connectivity index (χ4v) is 3.64. The molecule has 0 aromatic heterocycles. The summed E-state index contributed by atoms with van der Waals surface area (Å²) in [6.07, 6.45) is 12.1. The molecule has 2 fully saturated rings. The van der Waals surface area contributed by atoms with Gasteiger partial charge in [0.05, 0.1) is 0 Å². The predicted octanol–water partition coefficient (Wildman–Crippen LogP) is 2.98. The van der Waals surface area contributed by atoms with Crippen molar-refractivity contribution in [2.75, 3.05) is 0 Å². The minimum atomic E-state index is 0.179. The van der Waals surface area contributed by atoms with Crippen molar-refractivity contribution in [3.8, 4) is 0 Å². The molecule has 0 bridgehead atoms. The Kier molecular flexibility index (Phi) is 5.68. The summed E-state index contributed by atoms with van der Waals surface area (Å²) in [6.45, 7) is 2.10. The second-order valence-electron chi connectivity index (χ2n) is 6.76. The fraction of sp³-hybridized carbons (Fsp3) is 0.938. The van der Waals surface area contributed by atoms with Gasteiger partial charge in [-0.25, -0.2) is 0 Å². The van der Waals surface area contributed by atoms with Crippen LogP contribution in [0, 0.1) is 11.8 Å². The molecule has 1 amide bonds. The Balaban J connectivity index is 1.69. The van der Waals surface area contributed by atoms with Crippen LogP contribution in [0.4, 0.5) is 0 Å². The smallest absolute Gasteiger partial charge is 0.223 e. The summed E-state index contributed by atoms with van der Waals surface area (Å²) in [6, 6.07) is 0.730. The first-order valence-corrected chi connectivity index (χ1v) is 8.21. The Hall–Kier alpha value is -0.570. The van der Waals surface area contributed by atoms with Gasteiger partial charge in [0.2, 0.25) is 5.91 Å². The molecule has 0 radical (unpaired) electrons. The van der Waals surface area contributed by atoms with Crippen LogP contribution in [0.25, 0.3) is 0 Å². The van der Waals surface area contributed by atoms with E-state index in [1.54, 1.807) is 0 Å². The highest BCUT2D eigenvalue weighted by molar-refractivity contribution is 5.78. The highest BCUT2D eigenvalue weighted by atomic mass is 16.1. The number of nitrogens with one attached hydrogen (secondary N) is 1. The van der Waals surface area contributed by atoms with Crippen molar-refractivity contribution in [2.24, 2.45) is 17.6 Å². The van der Waals surface area contributed by atoms with Crippen LogP contribution in [0.15, 0.2) is 0 Å². The average molecular weight is 266 g/mol. The molecule has 19 heavy (non-hydrogen) atoms. The lowest BCUT2D eigenvalue weighted by Gasteiger charge is -2.29. The Morgan fingerprint density at radius 1 is 1.11 bits per heavy atom. The Morgan fingerprint density at radius 2 is 1.74 bits per heavy atom. The van der Waals surface area contributed by atoms with Gasteiger partial charge in [0, 0.05) is 18.0 Å². The maximum Gasteiger partial charge on any atom is 0.223 e. The normalized spacial score (nSPS) is 30.8. The summed E-state index contributed by atoms with van der Waals surface area (Å²) < 4.78 is 0. The number of carbonyl (C=O) groups excluding carboxylic acids is 1. The van der Waals surface area contributed by atoms with Gasteiger partial charge in [-0.2, -0.15) is 0 Å². The monoisotopic (exact) mass is 266 g/mol. The molecule has 3 nitrogen and oxygen atoms in total. The molecule has 0 heterocycles. The van der Waals surface area contributed by atoms with E-state index < -0.39 is 0 Å². The Bertz CT molecular complexity index is 278. The van der Waals surface area contributed by atoms with Crippen LogP contribution in [0.5, 0.6) is 0 Å². The van der Waals surface area contributed by atoms with Crippen molar-refractivity contribution >= 4 is 5.91 Å². The van der Waals surface area contributed by atoms with E-state index in [0.29, 0.717) is 12.1 Å². The first-order chi connectivity index (χ1) is 9.15. The molecule has 2 aliphatic carbocycles. The second-order valence-corrected chi connectivity index (χ2v) is 6.76. The van der Waals surface area contributed by atoms with Gasteiger partial charge in [0.1, 0.15) is 0 Å². The fourth-order valence-electron chi connectivity index (χ4n) is 3.64. The number of nitrogens with two attached hydrogens (primary N) is 1. The van der Waals surface area contributed by atoms with Gasteiger partial charge >= 0.3 is 0 Å². The quantitative estimate of drug-likeness (QED) is 0.822. The van der Waals surface area contributed by atoms with Crippen molar-refractivity contribution in [1.82, 2.24) is 5.32 Å². The first kappa shape index (κ1) is 14.8. The van der Waals surface area contributed by atoms with Crippen LogP contribution in [0.3, 0.4) is 0 Å². The van der Waals surface area contributed by atoms with Gasteiger partial charge in [-0.05, 0) is 38.0 Å². The van der Waals surface area contributed by atoms with Crippen LogP contribution < -0.4 is 11.1 Å². The summed E-state index contributed by atoms with van der Waals surface area (Å²) in [7, 11) is 0. The van der Waals surface area contributed by atoms with Crippen LogP contribution in [-0.2, 0) is 4.79 Å². The molecule has 0 spiro atoms. The molecule has 0 aromatic rings. The molecule has 0 aromatic carbocycles. The molecule has 0 saturated heterocycles. The third-order valence-corrected chi connectivity index (χ3v) is 4.98. The molecule has 2 rings (SSSR count). The Labute approximate surface area is 117 Å². The molecule has 2 saturated carbocycles. The van der Waals surface area contributed by atoms with Crippen LogP contribution in [0.1, 0.15) is 71.1 Å². The van der Waals surface area contributed by atoms with Gasteiger partial charge in [0.25, 0.3) is 0 Å². The maximum absolute atomic E-state index is 12.2. The molecular weight excluding hydrogens is 236 g/mol. The van der Waals surface area contributed by atoms with Gasteiger partial charge in [0.15, 0.2) is 0 Å². The van der Waals surface area contributed by atoms with E-state index in [0.717, 1.165) is 38.0 Å². The van der Waals surface area contributed by atoms with E-state index in [2.05, 4.69) is 12.2 Å². The van der Waals surface area contributed by atoms with E-state index in [-0.39, 0.29) is 11.8 Å². The minimum Gasteiger partial charge on any atom is -0.353 e. The van der Waals surface area contributed by atoms with Gasteiger partial charge in [-0.3, -0.25) is 4.79 Å². The summed E-state index contributed by atoms with van der Waals surface area (Å²) in [5.41, 5.74) is 5.90. The van der Waals surface area contributed by atoms with Crippen LogP contribution in [0.2, 0.25) is 0 Å². The summed E-state index contributed by atoms with van der Waals surface area (Å²) in [4.78, 5) is 12.2. The predicted molar refractivity (Wildman–Crippen MR) is 78.7 cm³/mol. The Morgan fingerprint density at radius 3 is 2.37 bits per heavy atom. The van der Waals surface area contributed by atoms with Crippen molar-refractivity contribution in [3.63, 3.8) is 0 Å². The van der Waals surface area contributed by atoms with Crippen molar-refractivity contribution < 1.29 is 4.79 Å². The zero-order valence-corrected chi connectivity index (χ0v) is 12.4. The van der Waals surface area contributed by atoms with Crippen LogP contribution in [-0.4, -0.2) is 18.0 Å². The molecule has 0 aliphatic heterocycles. The van der Waals surface area contributed by atoms with E-state index in [1.165, 1.54) is 32.1 Å². The van der Waals surface area contributed by atoms with Crippen LogP contribution >= 0.6 is 0 Å². The topological polar surface area (TPSA) is 55.1 Å². The standard InChI is InChI=1S/C16H30N2O/c1-12(11-13-5-3-2-4-6-13)16(19)18-15-9-7-14(17)8-10-15/h12-15H,2-11,17H2,1H3,(H,18,19). The SMILES string of the molecule is CC(CC1CCCCC1)C(=O)NC1CCC(N)CC1. The van der Waals surface area contributed by atoms with E-state index in [4.69, 9.17) is 5.73 Å². The molecular formula is C16H30N2O. The zero-order valence-electron chi connectivity index (χ0n) is 12.4. The lowest BCUT2D eigenvalue weighted by atomic mass is 9.83. The number of amides is 1. The maximum atomic E-state index is 12.2. The van der Waals surface area contributed by atoms with E-state index in [1.807, 2.05) is 0 Å². The summed E-state index contributed by atoms with van der Waals surface area (Å²) in [5, 5.41) is 3.23.